The molecular weight excluding hydrogens is 234 g/mol. The summed E-state index contributed by atoms with van der Waals surface area (Å²) < 4.78 is 0. The van der Waals surface area contributed by atoms with Crippen LogP contribution in [0.5, 0.6) is 0 Å². The van der Waals surface area contributed by atoms with Crippen molar-refractivity contribution >= 4 is 5.78 Å². The minimum absolute atomic E-state index is 0.199. The van der Waals surface area contributed by atoms with Crippen LogP contribution in [0.3, 0.4) is 0 Å². The molecule has 0 aromatic heterocycles. The summed E-state index contributed by atoms with van der Waals surface area (Å²) >= 11 is 0. The Balaban J connectivity index is 2.55. The number of nitrogens with one attached hydrogen (secondary N) is 1. The van der Waals surface area contributed by atoms with E-state index in [2.05, 4.69) is 51.2 Å². The average Bonchev–Trinajstić information content (AvgIpc) is 2.29. The zero-order valence-corrected chi connectivity index (χ0v) is 13.0. The summed E-state index contributed by atoms with van der Waals surface area (Å²) in [6.45, 7) is 12.2. The summed E-state index contributed by atoms with van der Waals surface area (Å²) in [4.78, 5) is 10.8. The molecule has 106 valence electrons. The Kier molecular flexibility index (Phi) is 5.74. The molecule has 0 unspecified atom stereocenters. The van der Waals surface area contributed by atoms with Crippen molar-refractivity contribution in [1.29, 1.82) is 0 Å². The Hall–Kier alpha value is -1.15. The first kappa shape index (κ1) is 15.9. The van der Waals surface area contributed by atoms with Crippen molar-refractivity contribution < 1.29 is 4.79 Å². The Morgan fingerprint density at radius 1 is 1.21 bits per heavy atom. The molecule has 1 aromatic carbocycles. The zero-order valence-electron chi connectivity index (χ0n) is 13.0. The van der Waals surface area contributed by atoms with E-state index in [4.69, 9.17) is 0 Å². The molecule has 0 saturated heterocycles. The topological polar surface area (TPSA) is 29.1 Å². The fraction of sp³-hybridized carbons (Fsp3) is 0.588. The fourth-order valence-corrected chi connectivity index (χ4v) is 2.02. The van der Waals surface area contributed by atoms with Crippen LogP contribution in [0.15, 0.2) is 18.2 Å². The van der Waals surface area contributed by atoms with Crippen molar-refractivity contribution in [3.05, 3.63) is 34.9 Å². The first-order valence-electron chi connectivity index (χ1n) is 7.11. The highest BCUT2D eigenvalue weighted by atomic mass is 16.1. The number of carbonyl (C=O) groups is 1. The third kappa shape index (κ3) is 5.56. The summed E-state index contributed by atoms with van der Waals surface area (Å²) in [7, 11) is 0. The molecule has 0 fully saturated rings. The predicted molar refractivity (Wildman–Crippen MR) is 81.8 cm³/mol. The second-order valence-corrected chi connectivity index (χ2v) is 6.34. The smallest absolute Gasteiger partial charge is 0.131 e. The number of hydrogen-bond donors (Lipinski definition) is 1. The van der Waals surface area contributed by atoms with E-state index in [9.17, 15) is 4.79 Å². The van der Waals surface area contributed by atoms with E-state index in [1.807, 2.05) is 0 Å². The monoisotopic (exact) mass is 261 g/mol. The summed E-state index contributed by atoms with van der Waals surface area (Å²) in [5, 5.41) is 3.33. The van der Waals surface area contributed by atoms with E-state index in [1.54, 1.807) is 6.92 Å². The molecule has 0 amide bonds. The molecule has 0 aliphatic rings. The zero-order chi connectivity index (χ0) is 14.5. The lowest BCUT2D eigenvalue weighted by atomic mass is 9.85. The number of hydrogen-bond acceptors (Lipinski definition) is 2. The molecule has 0 aliphatic carbocycles. The van der Waals surface area contributed by atoms with Gasteiger partial charge in [-0.05, 0) is 48.9 Å². The van der Waals surface area contributed by atoms with Gasteiger partial charge in [0.2, 0.25) is 0 Å². The van der Waals surface area contributed by atoms with Crippen LogP contribution in [0.1, 0.15) is 50.8 Å². The Labute approximate surface area is 117 Å². The Morgan fingerprint density at radius 3 is 2.47 bits per heavy atom. The molecule has 19 heavy (non-hydrogen) atoms. The number of benzene rings is 1. The van der Waals surface area contributed by atoms with Crippen molar-refractivity contribution in [3.8, 4) is 0 Å². The third-order valence-corrected chi connectivity index (χ3v) is 3.44. The lowest BCUT2D eigenvalue weighted by Crippen LogP contribution is -2.21. The summed E-state index contributed by atoms with van der Waals surface area (Å²) in [5.41, 5.74) is 4.34. The van der Waals surface area contributed by atoms with E-state index >= 15 is 0 Å². The van der Waals surface area contributed by atoms with Crippen LogP contribution < -0.4 is 5.32 Å². The van der Waals surface area contributed by atoms with E-state index in [0.29, 0.717) is 6.42 Å². The highest BCUT2D eigenvalue weighted by Gasteiger charge is 2.14. The number of carbonyl (C=O) groups excluding carboxylic acids is 1. The van der Waals surface area contributed by atoms with Gasteiger partial charge in [-0.2, -0.15) is 0 Å². The quantitative estimate of drug-likeness (QED) is 0.795. The predicted octanol–water partition coefficient (Wildman–Crippen LogP) is 3.40. The molecule has 1 rings (SSSR count). The number of ketones is 1. The van der Waals surface area contributed by atoms with Crippen molar-refractivity contribution in [2.45, 2.75) is 52.9 Å². The summed E-state index contributed by atoms with van der Waals surface area (Å²) in [5.74, 6) is 0.249. The van der Waals surface area contributed by atoms with E-state index in [0.717, 1.165) is 19.5 Å². The first-order valence-corrected chi connectivity index (χ1v) is 7.11. The molecule has 1 aromatic rings. The van der Waals surface area contributed by atoms with Crippen LogP contribution in [0, 0.1) is 6.92 Å². The minimum Gasteiger partial charge on any atom is -0.316 e. The minimum atomic E-state index is 0.199. The standard InChI is InChI=1S/C17H27NO/c1-13-6-7-16(17(3,4)5)12-15(13)9-11-18-10-8-14(2)19/h6-7,12,18H,8-11H2,1-5H3. The Bertz CT molecular complexity index is 429. The average molecular weight is 261 g/mol. The summed E-state index contributed by atoms with van der Waals surface area (Å²) in [6.07, 6.45) is 1.65. The van der Waals surface area contributed by atoms with Crippen molar-refractivity contribution in [2.75, 3.05) is 13.1 Å². The van der Waals surface area contributed by atoms with Gasteiger partial charge in [-0.25, -0.2) is 0 Å². The van der Waals surface area contributed by atoms with Gasteiger partial charge >= 0.3 is 0 Å². The van der Waals surface area contributed by atoms with Crippen LogP contribution in [0.2, 0.25) is 0 Å². The largest absolute Gasteiger partial charge is 0.316 e. The van der Waals surface area contributed by atoms with Gasteiger partial charge in [0.05, 0.1) is 0 Å². The van der Waals surface area contributed by atoms with Crippen LogP contribution in [0.25, 0.3) is 0 Å². The second-order valence-electron chi connectivity index (χ2n) is 6.34. The molecule has 1 N–H and O–H groups in total. The molecule has 2 nitrogen and oxygen atoms in total. The lowest BCUT2D eigenvalue weighted by molar-refractivity contribution is -0.116. The van der Waals surface area contributed by atoms with Crippen molar-refractivity contribution in [3.63, 3.8) is 0 Å². The normalized spacial score (nSPS) is 11.6. The molecule has 0 saturated carbocycles. The molecule has 2 heteroatoms. The van der Waals surface area contributed by atoms with Crippen LogP contribution >= 0.6 is 0 Å². The van der Waals surface area contributed by atoms with Gasteiger partial charge in [-0.3, -0.25) is 4.79 Å². The number of Topliss-reactive ketones (excluding diaryl/α,β-unsaturated/α-hetero) is 1. The molecule has 0 spiro atoms. The van der Waals surface area contributed by atoms with Gasteiger partial charge in [0.1, 0.15) is 5.78 Å². The highest BCUT2D eigenvalue weighted by Crippen LogP contribution is 2.24. The van der Waals surface area contributed by atoms with Crippen molar-refractivity contribution in [2.24, 2.45) is 0 Å². The van der Waals surface area contributed by atoms with Gasteiger partial charge in [0.25, 0.3) is 0 Å². The van der Waals surface area contributed by atoms with Crippen LogP contribution in [-0.2, 0) is 16.6 Å². The number of rotatable bonds is 6. The maximum absolute atomic E-state index is 10.8. The maximum atomic E-state index is 10.8. The molecule has 0 aliphatic heterocycles. The molecule has 0 radical (unpaired) electrons. The van der Waals surface area contributed by atoms with Gasteiger partial charge in [0.15, 0.2) is 0 Å². The summed E-state index contributed by atoms with van der Waals surface area (Å²) in [6, 6.07) is 6.76. The van der Waals surface area contributed by atoms with Gasteiger partial charge < -0.3 is 5.32 Å². The van der Waals surface area contributed by atoms with Crippen LogP contribution in [-0.4, -0.2) is 18.9 Å². The van der Waals surface area contributed by atoms with E-state index in [-0.39, 0.29) is 11.2 Å². The lowest BCUT2D eigenvalue weighted by Gasteiger charge is -2.21. The SMILES string of the molecule is CC(=O)CCNCCc1cc(C(C)(C)C)ccc1C. The van der Waals surface area contributed by atoms with Gasteiger partial charge in [0, 0.05) is 13.0 Å². The maximum Gasteiger partial charge on any atom is 0.131 e. The molecular formula is C17H27NO. The highest BCUT2D eigenvalue weighted by molar-refractivity contribution is 5.75. The van der Waals surface area contributed by atoms with Crippen molar-refractivity contribution in [1.82, 2.24) is 5.32 Å². The second kappa shape index (κ2) is 6.85. The van der Waals surface area contributed by atoms with E-state index in [1.165, 1.54) is 16.7 Å². The van der Waals surface area contributed by atoms with E-state index < -0.39 is 0 Å². The first-order chi connectivity index (χ1) is 8.80. The molecule has 0 bridgehead atoms. The molecule has 0 heterocycles. The molecule has 0 atom stereocenters. The Morgan fingerprint density at radius 2 is 1.89 bits per heavy atom. The number of aryl methyl sites for hydroxylation is 1. The van der Waals surface area contributed by atoms with Gasteiger partial charge in [-0.1, -0.05) is 39.0 Å². The van der Waals surface area contributed by atoms with Crippen LogP contribution in [0.4, 0.5) is 0 Å². The third-order valence-electron chi connectivity index (χ3n) is 3.44. The van der Waals surface area contributed by atoms with Gasteiger partial charge in [-0.15, -0.1) is 0 Å². The fourth-order valence-electron chi connectivity index (χ4n) is 2.02.